The van der Waals surface area contributed by atoms with E-state index in [9.17, 15) is 0 Å². The first-order valence-corrected chi connectivity index (χ1v) is 7.64. The Labute approximate surface area is 136 Å². The van der Waals surface area contributed by atoms with E-state index < -0.39 is 0 Å². The van der Waals surface area contributed by atoms with Crippen LogP contribution in [0, 0.1) is 13.8 Å². The van der Waals surface area contributed by atoms with Crippen molar-refractivity contribution in [3.63, 3.8) is 0 Å². The number of anilines is 1. The highest BCUT2D eigenvalue weighted by Gasteiger charge is 2.07. The Balaban J connectivity index is 1.99. The second-order valence-electron chi connectivity index (χ2n) is 5.17. The van der Waals surface area contributed by atoms with Crippen LogP contribution in [0.25, 0.3) is 0 Å². The number of nitrogens with one attached hydrogen (secondary N) is 2. The summed E-state index contributed by atoms with van der Waals surface area (Å²) in [5, 5.41) is 7.81. The number of thiocarbonyl (C=S) groups is 1. The van der Waals surface area contributed by atoms with Crippen molar-refractivity contribution in [1.29, 1.82) is 0 Å². The fraction of sp³-hybridized carbons (Fsp3) is 0.235. The molecule has 21 heavy (non-hydrogen) atoms. The molecule has 0 heterocycles. The second kappa shape index (κ2) is 6.92. The molecule has 0 saturated heterocycles. The first-order valence-electron chi connectivity index (χ1n) is 6.86. The molecule has 0 aliphatic heterocycles. The summed E-state index contributed by atoms with van der Waals surface area (Å²) in [7, 11) is 0. The largest absolute Gasteiger partial charge is 0.356 e. The third-order valence-electron chi connectivity index (χ3n) is 3.46. The lowest BCUT2D eigenvalue weighted by molar-refractivity contribution is 0.723. The molecule has 2 rings (SSSR count). The van der Waals surface area contributed by atoms with E-state index in [1.807, 2.05) is 30.3 Å². The number of rotatable bonds is 3. The van der Waals surface area contributed by atoms with Crippen molar-refractivity contribution in [2.75, 3.05) is 5.32 Å². The van der Waals surface area contributed by atoms with Gasteiger partial charge in [-0.05, 0) is 73.9 Å². The molecule has 110 valence electrons. The van der Waals surface area contributed by atoms with Gasteiger partial charge in [-0.25, -0.2) is 0 Å². The number of hydrogen-bond acceptors (Lipinski definition) is 1. The zero-order chi connectivity index (χ0) is 15.4. The minimum atomic E-state index is 0.0928. The molecule has 2 N–H and O–H groups in total. The molecule has 0 unspecified atom stereocenters. The van der Waals surface area contributed by atoms with E-state index in [0.29, 0.717) is 5.11 Å². The van der Waals surface area contributed by atoms with Crippen LogP contribution in [-0.2, 0) is 0 Å². The molecule has 0 aliphatic rings. The van der Waals surface area contributed by atoms with Crippen LogP contribution in [0.5, 0.6) is 0 Å². The Bertz CT molecular complexity index is 655. The third-order valence-corrected chi connectivity index (χ3v) is 3.92. The van der Waals surface area contributed by atoms with Crippen molar-refractivity contribution in [3.05, 3.63) is 64.2 Å². The van der Waals surface area contributed by atoms with E-state index >= 15 is 0 Å². The van der Waals surface area contributed by atoms with Crippen molar-refractivity contribution >= 4 is 34.6 Å². The lowest BCUT2D eigenvalue weighted by Gasteiger charge is -2.18. The van der Waals surface area contributed by atoms with Gasteiger partial charge in [0.1, 0.15) is 0 Å². The molecule has 2 aromatic carbocycles. The summed E-state index contributed by atoms with van der Waals surface area (Å²) in [6.07, 6.45) is 0. The average Bonchev–Trinajstić information content (AvgIpc) is 2.43. The number of aryl methyl sites for hydroxylation is 2. The smallest absolute Gasteiger partial charge is 0.171 e. The van der Waals surface area contributed by atoms with Crippen LogP contribution in [0.15, 0.2) is 42.5 Å². The number of halogens is 1. The predicted molar refractivity (Wildman–Crippen MR) is 95.1 cm³/mol. The van der Waals surface area contributed by atoms with Gasteiger partial charge in [0, 0.05) is 10.7 Å². The molecule has 1 atom stereocenters. The number of hydrogen-bond donors (Lipinski definition) is 2. The Morgan fingerprint density at radius 1 is 1.10 bits per heavy atom. The Morgan fingerprint density at radius 3 is 2.52 bits per heavy atom. The summed E-state index contributed by atoms with van der Waals surface area (Å²) in [5.74, 6) is 0. The van der Waals surface area contributed by atoms with Gasteiger partial charge < -0.3 is 10.6 Å². The van der Waals surface area contributed by atoms with E-state index in [0.717, 1.165) is 16.3 Å². The first kappa shape index (κ1) is 15.8. The fourth-order valence-electron chi connectivity index (χ4n) is 2.04. The SMILES string of the molecule is Cc1ccc(NC(=S)N[C@H](C)c2cccc(Cl)c2)cc1C. The van der Waals surface area contributed by atoms with Gasteiger partial charge in [0.2, 0.25) is 0 Å². The summed E-state index contributed by atoms with van der Waals surface area (Å²) >= 11 is 11.4. The summed E-state index contributed by atoms with van der Waals surface area (Å²) in [5.41, 5.74) is 4.61. The maximum absolute atomic E-state index is 6.01. The van der Waals surface area contributed by atoms with Gasteiger partial charge in [-0.1, -0.05) is 29.8 Å². The van der Waals surface area contributed by atoms with Gasteiger partial charge in [-0.3, -0.25) is 0 Å². The zero-order valence-corrected chi connectivity index (χ0v) is 14.0. The van der Waals surface area contributed by atoms with Crippen molar-refractivity contribution in [2.24, 2.45) is 0 Å². The molecule has 4 heteroatoms. The lowest BCUT2D eigenvalue weighted by Crippen LogP contribution is -2.30. The first-order chi connectivity index (χ1) is 9.95. The molecule has 0 aliphatic carbocycles. The minimum absolute atomic E-state index is 0.0928. The van der Waals surface area contributed by atoms with E-state index in [1.54, 1.807) is 0 Å². The summed E-state index contributed by atoms with van der Waals surface area (Å²) in [6.45, 7) is 6.24. The maximum Gasteiger partial charge on any atom is 0.171 e. The highest BCUT2D eigenvalue weighted by molar-refractivity contribution is 7.80. The maximum atomic E-state index is 6.01. The van der Waals surface area contributed by atoms with Gasteiger partial charge in [-0.15, -0.1) is 0 Å². The zero-order valence-electron chi connectivity index (χ0n) is 12.4. The summed E-state index contributed by atoms with van der Waals surface area (Å²) in [4.78, 5) is 0. The molecule has 0 spiro atoms. The molecule has 2 aromatic rings. The van der Waals surface area contributed by atoms with Gasteiger partial charge in [0.15, 0.2) is 5.11 Å². The van der Waals surface area contributed by atoms with Crippen molar-refractivity contribution < 1.29 is 0 Å². The van der Waals surface area contributed by atoms with Crippen molar-refractivity contribution in [1.82, 2.24) is 5.32 Å². The molecule has 0 aromatic heterocycles. The topological polar surface area (TPSA) is 24.1 Å². The van der Waals surface area contributed by atoms with E-state index in [1.165, 1.54) is 11.1 Å². The lowest BCUT2D eigenvalue weighted by atomic mass is 10.1. The van der Waals surface area contributed by atoms with E-state index in [-0.39, 0.29) is 6.04 Å². The molecule has 0 saturated carbocycles. The van der Waals surface area contributed by atoms with E-state index in [2.05, 4.69) is 43.5 Å². The van der Waals surface area contributed by atoms with Crippen LogP contribution in [0.2, 0.25) is 5.02 Å². The monoisotopic (exact) mass is 318 g/mol. The highest BCUT2D eigenvalue weighted by atomic mass is 35.5. The van der Waals surface area contributed by atoms with Crippen molar-refractivity contribution in [3.8, 4) is 0 Å². The molecular weight excluding hydrogens is 300 g/mol. The summed E-state index contributed by atoms with van der Waals surface area (Å²) in [6, 6.07) is 14.1. The van der Waals surface area contributed by atoms with Crippen LogP contribution in [0.4, 0.5) is 5.69 Å². The van der Waals surface area contributed by atoms with Crippen LogP contribution in [0.1, 0.15) is 29.7 Å². The fourth-order valence-corrected chi connectivity index (χ4v) is 2.54. The molecule has 0 fully saturated rings. The van der Waals surface area contributed by atoms with Crippen LogP contribution in [-0.4, -0.2) is 5.11 Å². The predicted octanol–water partition coefficient (Wildman–Crippen LogP) is 5.00. The molecule has 0 radical (unpaired) electrons. The normalized spacial score (nSPS) is 11.8. The van der Waals surface area contributed by atoms with Gasteiger partial charge >= 0.3 is 0 Å². The Morgan fingerprint density at radius 2 is 1.86 bits per heavy atom. The Hall–Kier alpha value is -1.58. The molecular formula is C17H19ClN2S. The minimum Gasteiger partial charge on any atom is -0.356 e. The van der Waals surface area contributed by atoms with Crippen molar-refractivity contribution in [2.45, 2.75) is 26.8 Å². The molecule has 2 nitrogen and oxygen atoms in total. The average molecular weight is 319 g/mol. The van der Waals surface area contributed by atoms with Crippen LogP contribution in [0.3, 0.4) is 0 Å². The van der Waals surface area contributed by atoms with Crippen LogP contribution < -0.4 is 10.6 Å². The van der Waals surface area contributed by atoms with Gasteiger partial charge in [0.05, 0.1) is 6.04 Å². The molecule has 0 amide bonds. The highest BCUT2D eigenvalue weighted by Crippen LogP contribution is 2.18. The van der Waals surface area contributed by atoms with Crippen LogP contribution >= 0.6 is 23.8 Å². The van der Waals surface area contributed by atoms with Gasteiger partial charge in [-0.2, -0.15) is 0 Å². The summed E-state index contributed by atoms with van der Waals surface area (Å²) < 4.78 is 0. The molecule has 0 bridgehead atoms. The van der Waals surface area contributed by atoms with Gasteiger partial charge in [0.25, 0.3) is 0 Å². The second-order valence-corrected chi connectivity index (χ2v) is 6.02. The van der Waals surface area contributed by atoms with E-state index in [4.69, 9.17) is 23.8 Å². The Kier molecular flexibility index (Phi) is 5.21. The quantitative estimate of drug-likeness (QED) is 0.778. The number of benzene rings is 2. The third kappa shape index (κ3) is 4.45. The standard InChI is InChI=1S/C17H19ClN2S/c1-11-7-8-16(9-12(11)2)20-17(21)19-13(3)14-5-4-6-15(18)10-14/h4-10,13H,1-3H3,(H2,19,20,21)/t13-/m1/s1.